The number of carbonyl (C=O) groups is 1. The summed E-state index contributed by atoms with van der Waals surface area (Å²) in [5, 5.41) is 0. The maximum Gasteiger partial charge on any atom is 0.231 e. The van der Waals surface area contributed by atoms with Crippen LogP contribution in [0, 0.1) is 0 Å². The molecule has 4 nitrogen and oxygen atoms in total. The van der Waals surface area contributed by atoms with E-state index < -0.39 is 6.04 Å². The predicted molar refractivity (Wildman–Crippen MR) is 59.9 cm³/mol. The highest BCUT2D eigenvalue weighted by atomic mass is 16.7. The summed E-state index contributed by atoms with van der Waals surface area (Å²) in [7, 11) is 0. The van der Waals surface area contributed by atoms with Gasteiger partial charge in [0.1, 0.15) is 0 Å². The Morgan fingerprint density at radius 3 is 2.62 bits per heavy atom. The van der Waals surface area contributed by atoms with Crippen molar-refractivity contribution in [3.05, 3.63) is 23.3 Å². The van der Waals surface area contributed by atoms with Crippen LogP contribution >= 0.6 is 0 Å². The summed E-state index contributed by atoms with van der Waals surface area (Å²) in [6.45, 7) is 3.90. The third kappa shape index (κ3) is 1.76. The summed E-state index contributed by atoms with van der Waals surface area (Å²) in [5.41, 5.74) is 7.21. The fourth-order valence-corrected chi connectivity index (χ4v) is 1.75. The van der Waals surface area contributed by atoms with Gasteiger partial charge in [-0.1, -0.05) is 6.92 Å². The number of nitrogens with two attached hydrogens (primary N) is 1. The molecule has 1 atom stereocenters. The molecule has 2 rings (SSSR count). The number of benzene rings is 1. The van der Waals surface area contributed by atoms with Gasteiger partial charge in [0.15, 0.2) is 17.3 Å². The molecule has 0 bridgehead atoms. The molecule has 86 valence electrons. The molecule has 0 aliphatic carbocycles. The lowest BCUT2D eigenvalue weighted by atomic mass is 9.97. The lowest BCUT2D eigenvalue weighted by Gasteiger charge is -2.10. The second kappa shape index (κ2) is 4.14. The van der Waals surface area contributed by atoms with Gasteiger partial charge in [-0.15, -0.1) is 0 Å². The summed E-state index contributed by atoms with van der Waals surface area (Å²) in [5.74, 6) is 1.27. The van der Waals surface area contributed by atoms with Gasteiger partial charge in [0, 0.05) is 5.56 Å². The van der Waals surface area contributed by atoms with E-state index in [4.69, 9.17) is 15.2 Å². The van der Waals surface area contributed by atoms with Gasteiger partial charge in [-0.2, -0.15) is 0 Å². The molecule has 1 aromatic rings. The van der Waals surface area contributed by atoms with Crippen LogP contribution in [0.5, 0.6) is 11.5 Å². The Labute approximate surface area is 94.3 Å². The first-order valence-corrected chi connectivity index (χ1v) is 5.35. The highest BCUT2D eigenvalue weighted by Crippen LogP contribution is 2.35. The maximum absolute atomic E-state index is 11.9. The molecule has 0 fully saturated rings. The van der Waals surface area contributed by atoms with E-state index in [-0.39, 0.29) is 12.6 Å². The van der Waals surface area contributed by atoms with E-state index in [9.17, 15) is 4.79 Å². The summed E-state index contributed by atoms with van der Waals surface area (Å²) in [6.07, 6.45) is 0.768. The minimum Gasteiger partial charge on any atom is -0.454 e. The van der Waals surface area contributed by atoms with Crippen LogP contribution in [0.2, 0.25) is 0 Å². The zero-order chi connectivity index (χ0) is 11.7. The molecule has 0 radical (unpaired) electrons. The third-order valence-electron chi connectivity index (χ3n) is 2.66. The van der Waals surface area contributed by atoms with Crippen molar-refractivity contribution in [1.82, 2.24) is 0 Å². The van der Waals surface area contributed by atoms with E-state index in [0.29, 0.717) is 17.1 Å². The summed E-state index contributed by atoms with van der Waals surface area (Å²) in [6, 6.07) is 3.09. The van der Waals surface area contributed by atoms with E-state index in [1.165, 1.54) is 0 Å². The molecule has 0 aromatic heterocycles. The lowest BCUT2D eigenvalue weighted by molar-refractivity contribution is 0.0966. The van der Waals surface area contributed by atoms with Gasteiger partial charge in [0.25, 0.3) is 0 Å². The molecule has 0 saturated carbocycles. The van der Waals surface area contributed by atoms with Crippen molar-refractivity contribution in [3.8, 4) is 11.5 Å². The molecule has 1 unspecified atom stereocenters. The molecule has 0 amide bonds. The average Bonchev–Trinajstić information content (AvgIpc) is 2.72. The number of rotatable bonds is 3. The monoisotopic (exact) mass is 221 g/mol. The summed E-state index contributed by atoms with van der Waals surface area (Å²) < 4.78 is 10.5. The van der Waals surface area contributed by atoms with Crippen molar-refractivity contribution < 1.29 is 14.3 Å². The van der Waals surface area contributed by atoms with Gasteiger partial charge in [-0.25, -0.2) is 0 Å². The van der Waals surface area contributed by atoms with E-state index >= 15 is 0 Å². The number of ether oxygens (including phenoxy) is 2. The van der Waals surface area contributed by atoms with Crippen LogP contribution in [-0.4, -0.2) is 18.6 Å². The van der Waals surface area contributed by atoms with E-state index in [2.05, 4.69) is 0 Å². The molecule has 0 spiro atoms. The second-order valence-corrected chi connectivity index (χ2v) is 3.87. The zero-order valence-corrected chi connectivity index (χ0v) is 9.45. The van der Waals surface area contributed by atoms with Crippen LogP contribution < -0.4 is 15.2 Å². The Bertz CT molecular complexity index is 427. The lowest BCUT2D eigenvalue weighted by Crippen LogP contribution is -2.27. The zero-order valence-electron chi connectivity index (χ0n) is 9.45. The molecule has 1 aliphatic heterocycles. The Hall–Kier alpha value is -1.55. The predicted octanol–water partition coefficient (Wildman–Crippen LogP) is 1.51. The minimum atomic E-state index is -0.495. The number of carbonyl (C=O) groups excluding carboxylic acids is 1. The number of Topliss-reactive ketones (excluding diaryl/α,β-unsaturated/α-hetero) is 1. The fraction of sp³-hybridized carbons (Fsp3) is 0.417. The first kappa shape index (κ1) is 11.0. The maximum atomic E-state index is 11.9. The molecule has 0 saturated heterocycles. The topological polar surface area (TPSA) is 61.6 Å². The highest BCUT2D eigenvalue weighted by Gasteiger charge is 2.21. The van der Waals surface area contributed by atoms with Crippen molar-refractivity contribution in [2.24, 2.45) is 5.73 Å². The van der Waals surface area contributed by atoms with Crippen molar-refractivity contribution >= 4 is 5.78 Å². The molecule has 2 N–H and O–H groups in total. The molecular formula is C12H15NO3. The minimum absolute atomic E-state index is 0.0600. The number of hydrogen-bond donors (Lipinski definition) is 1. The number of hydrogen-bond acceptors (Lipinski definition) is 4. The van der Waals surface area contributed by atoms with Gasteiger partial charge in [0.05, 0.1) is 6.04 Å². The number of fused-ring (bicyclic) bond motifs is 1. The Balaban J connectivity index is 2.47. The van der Waals surface area contributed by atoms with Crippen LogP contribution in [-0.2, 0) is 6.42 Å². The van der Waals surface area contributed by atoms with Crippen molar-refractivity contribution in [2.45, 2.75) is 26.3 Å². The largest absolute Gasteiger partial charge is 0.454 e. The number of ketones is 1. The Kier molecular flexibility index (Phi) is 2.83. The van der Waals surface area contributed by atoms with Gasteiger partial charge in [-0.3, -0.25) is 4.79 Å². The highest BCUT2D eigenvalue weighted by molar-refractivity contribution is 6.01. The molecule has 1 aromatic carbocycles. The quantitative estimate of drug-likeness (QED) is 0.786. The molecule has 16 heavy (non-hydrogen) atoms. The van der Waals surface area contributed by atoms with E-state index in [1.807, 2.05) is 13.0 Å². The molecule has 4 heteroatoms. The normalized spacial score (nSPS) is 14.9. The van der Waals surface area contributed by atoms with Crippen molar-refractivity contribution in [3.63, 3.8) is 0 Å². The van der Waals surface area contributed by atoms with Gasteiger partial charge >= 0.3 is 0 Å². The van der Waals surface area contributed by atoms with Gasteiger partial charge in [-0.05, 0) is 31.0 Å². The van der Waals surface area contributed by atoms with Crippen molar-refractivity contribution in [1.29, 1.82) is 0 Å². The fourth-order valence-electron chi connectivity index (χ4n) is 1.75. The van der Waals surface area contributed by atoms with E-state index in [1.54, 1.807) is 13.0 Å². The van der Waals surface area contributed by atoms with E-state index in [0.717, 1.165) is 12.0 Å². The van der Waals surface area contributed by atoms with Crippen LogP contribution in [0.3, 0.4) is 0 Å². The van der Waals surface area contributed by atoms with Crippen molar-refractivity contribution in [2.75, 3.05) is 6.79 Å². The summed E-state index contributed by atoms with van der Waals surface area (Å²) in [4.78, 5) is 11.9. The smallest absolute Gasteiger partial charge is 0.231 e. The van der Waals surface area contributed by atoms with Crippen LogP contribution in [0.25, 0.3) is 0 Å². The molecule has 1 aliphatic rings. The van der Waals surface area contributed by atoms with Crippen LogP contribution in [0.15, 0.2) is 12.1 Å². The third-order valence-corrected chi connectivity index (χ3v) is 2.66. The van der Waals surface area contributed by atoms with Crippen LogP contribution in [0.4, 0.5) is 0 Å². The Morgan fingerprint density at radius 1 is 1.44 bits per heavy atom. The first-order valence-electron chi connectivity index (χ1n) is 5.35. The number of aryl methyl sites for hydroxylation is 1. The van der Waals surface area contributed by atoms with Crippen LogP contribution in [0.1, 0.15) is 29.8 Å². The standard InChI is InChI=1S/C12H15NO3/c1-3-8-4-10-11(16-6-15-10)5-9(8)12(14)7(2)13/h4-5,7H,3,6,13H2,1-2H3. The second-order valence-electron chi connectivity index (χ2n) is 3.87. The first-order chi connectivity index (χ1) is 7.63. The van der Waals surface area contributed by atoms with Gasteiger partial charge < -0.3 is 15.2 Å². The molecule has 1 heterocycles. The average molecular weight is 221 g/mol. The Morgan fingerprint density at radius 2 is 2.06 bits per heavy atom. The molecular weight excluding hydrogens is 206 g/mol. The summed E-state index contributed by atoms with van der Waals surface area (Å²) >= 11 is 0. The van der Waals surface area contributed by atoms with Gasteiger partial charge in [0.2, 0.25) is 6.79 Å². The SMILES string of the molecule is CCc1cc2c(cc1C(=O)C(C)N)OCO2.